The number of aromatic nitrogens is 1. The van der Waals surface area contributed by atoms with Gasteiger partial charge in [0.05, 0.1) is 5.69 Å². The van der Waals surface area contributed by atoms with Crippen molar-refractivity contribution in [1.29, 1.82) is 0 Å². The average molecular weight is 321 g/mol. The second-order valence-electron chi connectivity index (χ2n) is 5.15. The van der Waals surface area contributed by atoms with Crippen molar-refractivity contribution in [2.75, 3.05) is 0 Å². The smallest absolute Gasteiger partial charge is 0.348 e. The molecule has 0 aliphatic heterocycles. The van der Waals surface area contributed by atoms with Gasteiger partial charge in [-0.3, -0.25) is 0 Å². The van der Waals surface area contributed by atoms with E-state index in [1.807, 2.05) is 67.6 Å². The van der Waals surface area contributed by atoms with Crippen molar-refractivity contribution in [3.05, 3.63) is 76.3 Å². The van der Waals surface area contributed by atoms with E-state index in [0.717, 1.165) is 11.1 Å². The summed E-state index contributed by atoms with van der Waals surface area (Å²) in [4.78, 5) is 16.2. The Hall–Kier alpha value is -2.72. The van der Waals surface area contributed by atoms with Gasteiger partial charge in [-0.1, -0.05) is 66.2 Å². The van der Waals surface area contributed by atoms with E-state index in [9.17, 15) is 9.90 Å². The maximum atomic E-state index is 11.5. The van der Waals surface area contributed by atoms with Crippen LogP contribution < -0.4 is 0 Å². The van der Waals surface area contributed by atoms with Crippen LogP contribution >= 0.6 is 11.3 Å². The van der Waals surface area contributed by atoms with Crippen LogP contribution in [0.2, 0.25) is 0 Å². The van der Waals surface area contributed by atoms with E-state index in [1.165, 1.54) is 16.9 Å². The molecule has 0 aliphatic carbocycles. The summed E-state index contributed by atoms with van der Waals surface area (Å²) in [7, 11) is 0. The Morgan fingerprint density at radius 3 is 2.39 bits per heavy atom. The number of aryl methyl sites for hydroxylation is 1. The highest BCUT2D eigenvalue weighted by Gasteiger charge is 2.16. The van der Waals surface area contributed by atoms with Gasteiger partial charge in [0.15, 0.2) is 0 Å². The number of rotatable bonds is 4. The first-order valence-electron chi connectivity index (χ1n) is 7.18. The fourth-order valence-electron chi connectivity index (χ4n) is 2.16. The van der Waals surface area contributed by atoms with Gasteiger partial charge in [-0.2, -0.15) is 0 Å². The quantitative estimate of drug-likeness (QED) is 0.736. The Bertz CT molecular complexity index is 849. The van der Waals surface area contributed by atoms with E-state index in [1.54, 1.807) is 6.08 Å². The molecule has 0 bridgehead atoms. The first-order valence-corrected chi connectivity index (χ1v) is 7.99. The summed E-state index contributed by atoms with van der Waals surface area (Å²) in [6.07, 6.45) is 3.65. The zero-order valence-corrected chi connectivity index (χ0v) is 13.4. The number of carboxylic acid groups (broad SMARTS) is 1. The monoisotopic (exact) mass is 321 g/mol. The van der Waals surface area contributed by atoms with Crippen molar-refractivity contribution >= 4 is 29.5 Å². The van der Waals surface area contributed by atoms with Crippen LogP contribution in [0, 0.1) is 6.92 Å². The van der Waals surface area contributed by atoms with Gasteiger partial charge in [0.25, 0.3) is 0 Å². The summed E-state index contributed by atoms with van der Waals surface area (Å²) >= 11 is 1.20. The van der Waals surface area contributed by atoms with E-state index in [4.69, 9.17) is 0 Å². The largest absolute Gasteiger partial charge is 0.477 e. The van der Waals surface area contributed by atoms with Gasteiger partial charge >= 0.3 is 5.97 Å². The molecule has 1 aromatic heterocycles. The van der Waals surface area contributed by atoms with E-state index in [0.29, 0.717) is 10.7 Å². The molecule has 0 fully saturated rings. The van der Waals surface area contributed by atoms with E-state index >= 15 is 0 Å². The number of thiazole rings is 1. The summed E-state index contributed by atoms with van der Waals surface area (Å²) in [5.41, 5.74) is 3.62. The lowest BCUT2D eigenvalue weighted by Gasteiger charge is -1.95. The van der Waals surface area contributed by atoms with Crippen LogP contribution in [0.5, 0.6) is 0 Å². The molecule has 0 saturated carbocycles. The summed E-state index contributed by atoms with van der Waals surface area (Å²) in [6.45, 7) is 2.03. The molecule has 3 nitrogen and oxygen atoms in total. The second kappa shape index (κ2) is 6.58. The maximum Gasteiger partial charge on any atom is 0.348 e. The molecule has 0 aliphatic rings. The van der Waals surface area contributed by atoms with Crippen molar-refractivity contribution in [2.45, 2.75) is 6.92 Å². The molecule has 3 rings (SSSR count). The molecule has 0 spiro atoms. The number of hydrogen-bond acceptors (Lipinski definition) is 3. The molecule has 1 N–H and O–H groups in total. The molecule has 0 atom stereocenters. The fraction of sp³-hybridized carbons (Fsp3) is 0.0526. The van der Waals surface area contributed by atoms with Gasteiger partial charge < -0.3 is 5.11 Å². The van der Waals surface area contributed by atoms with Crippen molar-refractivity contribution < 1.29 is 9.90 Å². The molecule has 0 amide bonds. The molecule has 3 aromatic rings. The van der Waals surface area contributed by atoms with Crippen molar-refractivity contribution in [3.8, 4) is 10.6 Å². The highest BCUT2D eigenvalue weighted by Crippen LogP contribution is 2.29. The summed E-state index contributed by atoms with van der Waals surface area (Å²) in [5, 5.41) is 10.1. The van der Waals surface area contributed by atoms with Crippen LogP contribution in [-0.4, -0.2) is 16.1 Å². The van der Waals surface area contributed by atoms with E-state index < -0.39 is 5.97 Å². The van der Waals surface area contributed by atoms with Crippen LogP contribution in [0.3, 0.4) is 0 Å². The number of carboxylic acids is 1. The van der Waals surface area contributed by atoms with Gasteiger partial charge in [0.2, 0.25) is 0 Å². The Kier molecular flexibility index (Phi) is 4.35. The molecule has 0 saturated heterocycles. The van der Waals surface area contributed by atoms with Crippen molar-refractivity contribution in [2.24, 2.45) is 0 Å². The van der Waals surface area contributed by atoms with Crippen molar-refractivity contribution in [3.63, 3.8) is 0 Å². The van der Waals surface area contributed by atoms with Crippen LogP contribution in [0.25, 0.3) is 22.7 Å². The Morgan fingerprint density at radius 1 is 1.04 bits per heavy atom. The highest BCUT2D eigenvalue weighted by molar-refractivity contribution is 7.17. The molecule has 0 unspecified atom stereocenters. The topological polar surface area (TPSA) is 50.2 Å². The zero-order valence-electron chi connectivity index (χ0n) is 12.6. The number of nitrogens with zero attached hydrogens (tertiary/aromatic N) is 1. The van der Waals surface area contributed by atoms with Gasteiger partial charge in [-0.05, 0) is 18.6 Å². The average Bonchev–Trinajstić information content (AvgIpc) is 3.00. The Balaban J connectivity index is 1.96. The van der Waals surface area contributed by atoms with Gasteiger partial charge in [-0.25, -0.2) is 9.78 Å². The van der Waals surface area contributed by atoms with E-state index in [-0.39, 0.29) is 4.88 Å². The third-order valence-electron chi connectivity index (χ3n) is 3.38. The van der Waals surface area contributed by atoms with Crippen LogP contribution in [-0.2, 0) is 0 Å². The third kappa shape index (κ3) is 3.55. The van der Waals surface area contributed by atoms with Gasteiger partial charge in [0, 0.05) is 5.56 Å². The maximum absolute atomic E-state index is 11.5. The van der Waals surface area contributed by atoms with Crippen LogP contribution in [0.15, 0.2) is 54.6 Å². The zero-order chi connectivity index (χ0) is 16.2. The molecule has 4 heteroatoms. The third-order valence-corrected chi connectivity index (χ3v) is 4.49. The lowest BCUT2D eigenvalue weighted by atomic mass is 10.1. The minimum absolute atomic E-state index is 0.257. The lowest BCUT2D eigenvalue weighted by Crippen LogP contribution is -1.94. The van der Waals surface area contributed by atoms with Crippen LogP contribution in [0.1, 0.15) is 26.5 Å². The fourth-order valence-corrected chi connectivity index (χ4v) is 3.05. The number of carbonyl (C=O) groups is 1. The first kappa shape index (κ1) is 15.2. The van der Waals surface area contributed by atoms with Crippen LogP contribution in [0.4, 0.5) is 0 Å². The molecule has 0 radical (unpaired) electrons. The molecule has 1 heterocycles. The Labute approximate surface area is 138 Å². The summed E-state index contributed by atoms with van der Waals surface area (Å²) < 4.78 is 0. The first-order chi connectivity index (χ1) is 11.1. The van der Waals surface area contributed by atoms with Gasteiger partial charge in [-0.15, -0.1) is 11.3 Å². The summed E-state index contributed by atoms with van der Waals surface area (Å²) in [5.74, 6) is -0.951. The highest BCUT2D eigenvalue weighted by atomic mass is 32.1. The Morgan fingerprint density at radius 2 is 1.74 bits per heavy atom. The number of aromatic carboxylic acids is 1. The molecular formula is C19H15NO2S. The second-order valence-corrected chi connectivity index (χ2v) is 6.15. The van der Waals surface area contributed by atoms with Crippen molar-refractivity contribution in [1.82, 2.24) is 4.98 Å². The predicted octanol–water partition coefficient (Wildman–Crippen LogP) is 4.99. The van der Waals surface area contributed by atoms with Gasteiger partial charge in [0.1, 0.15) is 9.88 Å². The summed E-state index contributed by atoms with van der Waals surface area (Å²) in [6, 6.07) is 17.7. The molecule has 2 aromatic carbocycles. The predicted molar refractivity (Wildman–Crippen MR) is 94.6 cm³/mol. The number of benzene rings is 2. The molecule has 23 heavy (non-hydrogen) atoms. The lowest BCUT2D eigenvalue weighted by molar-refractivity contribution is 0.0701. The number of hydrogen-bond donors (Lipinski definition) is 1. The van der Waals surface area contributed by atoms with E-state index in [2.05, 4.69) is 4.98 Å². The minimum atomic E-state index is -0.951. The molecule has 114 valence electrons. The molecular weight excluding hydrogens is 306 g/mol. The normalized spacial score (nSPS) is 11.0. The SMILES string of the molecule is Cc1ccc(/C=C/c2nc(-c3ccccc3)sc2C(=O)O)cc1. The standard InChI is InChI=1S/C19H15NO2S/c1-13-7-9-14(10-8-13)11-12-16-17(19(21)22)23-18(20-16)15-5-3-2-4-6-15/h2-12H,1H3,(H,21,22)/b12-11+. The minimum Gasteiger partial charge on any atom is -0.477 e.